The number of rotatable bonds is 6. The van der Waals surface area contributed by atoms with Crippen molar-refractivity contribution in [3.63, 3.8) is 0 Å². The lowest BCUT2D eigenvalue weighted by molar-refractivity contribution is -0.147. The Morgan fingerprint density at radius 1 is 1.64 bits per heavy atom. The Balaban J connectivity index is 3.82. The van der Waals surface area contributed by atoms with Gasteiger partial charge in [0, 0.05) is 6.04 Å². The highest BCUT2D eigenvalue weighted by atomic mass is 19.1. The smallest absolute Gasteiger partial charge is 0.309 e. The second kappa shape index (κ2) is 5.96. The maximum Gasteiger partial charge on any atom is 0.309 e. The van der Waals surface area contributed by atoms with Crippen LogP contribution in [0.15, 0.2) is 0 Å². The van der Waals surface area contributed by atoms with E-state index < -0.39 is 17.7 Å². The Labute approximate surface area is 84.8 Å². The summed E-state index contributed by atoms with van der Waals surface area (Å²) in [7, 11) is 0. The van der Waals surface area contributed by atoms with Crippen LogP contribution in [-0.2, 0) is 9.53 Å². The third-order valence-corrected chi connectivity index (χ3v) is 2.20. The fourth-order valence-corrected chi connectivity index (χ4v) is 0.825. The number of hydrogen-bond acceptors (Lipinski definition) is 3. The van der Waals surface area contributed by atoms with Crippen molar-refractivity contribution in [2.45, 2.75) is 51.7 Å². The Bertz CT molecular complexity index is 181. The molecule has 84 valence electrons. The van der Waals surface area contributed by atoms with Crippen molar-refractivity contribution in [3.8, 4) is 0 Å². The van der Waals surface area contributed by atoms with Crippen molar-refractivity contribution in [2.24, 2.45) is 5.73 Å². The lowest BCUT2D eigenvalue weighted by Crippen LogP contribution is -2.41. The molecule has 4 heteroatoms. The maximum atomic E-state index is 13.5. The number of halogens is 1. The first-order chi connectivity index (χ1) is 6.40. The minimum atomic E-state index is -1.68. The number of nitrogens with two attached hydrogens (primary N) is 1. The van der Waals surface area contributed by atoms with Gasteiger partial charge in [-0.25, -0.2) is 4.39 Å². The highest BCUT2D eigenvalue weighted by molar-refractivity contribution is 5.70. The van der Waals surface area contributed by atoms with E-state index in [0.29, 0.717) is 6.61 Å². The summed E-state index contributed by atoms with van der Waals surface area (Å²) >= 11 is 0. The third kappa shape index (κ3) is 5.17. The van der Waals surface area contributed by atoms with Crippen molar-refractivity contribution in [3.05, 3.63) is 0 Å². The fourth-order valence-electron chi connectivity index (χ4n) is 0.825. The predicted molar refractivity (Wildman–Crippen MR) is 53.6 cm³/mol. The van der Waals surface area contributed by atoms with E-state index in [2.05, 4.69) is 0 Å². The first kappa shape index (κ1) is 13.4. The molecule has 0 radical (unpaired) electrons. The summed E-state index contributed by atoms with van der Waals surface area (Å²) in [6, 6.07) is -0.666. The van der Waals surface area contributed by atoms with Gasteiger partial charge in [0.2, 0.25) is 0 Å². The van der Waals surface area contributed by atoms with E-state index in [4.69, 9.17) is 10.5 Å². The third-order valence-electron chi connectivity index (χ3n) is 2.20. The van der Waals surface area contributed by atoms with Crippen molar-refractivity contribution in [1.82, 2.24) is 0 Å². The van der Waals surface area contributed by atoms with Gasteiger partial charge in [-0.15, -0.1) is 0 Å². The van der Waals surface area contributed by atoms with Crippen LogP contribution in [0.25, 0.3) is 0 Å². The molecule has 3 nitrogen and oxygen atoms in total. The molecule has 0 aromatic carbocycles. The van der Waals surface area contributed by atoms with Crippen LogP contribution >= 0.6 is 0 Å². The SMILES string of the molecule is CCCCOC(=O)CC(C)(F)C(C)N. The largest absolute Gasteiger partial charge is 0.466 e. The number of ether oxygens (including phenoxy) is 1. The molecular formula is C10H20FNO2. The van der Waals surface area contributed by atoms with Gasteiger partial charge < -0.3 is 10.5 Å². The molecule has 0 heterocycles. The van der Waals surface area contributed by atoms with Crippen LogP contribution in [-0.4, -0.2) is 24.3 Å². The summed E-state index contributed by atoms with van der Waals surface area (Å²) in [6.07, 6.45) is 1.49. The fraction of sp³-hybridized carbons (Fsp3) is 0.900. The van der Waals surface area contributed by atoms with Gasteiger partial charge in [-0.05, 0) is 20.3 Å². The van der Waals surface area contributed by atoms with Crippen LogP contribution in [0.5, 0.6) is 0 Å². The minimum absolute atomic E-state index is 0.269. The van der Waals surface area contributed by atoms with Gasteiger partial charge in [-0.3, -0.25) is 4.79 Å². The van der Waals surface area contributed by atoms with Gasteiger partial charge in [-0.2, -0.15) is 0 Å². The molecule has 0 rings (SSSR count). The Morgan fingerprint density at radius 3 is 2.64 bits per heavy atom. The van der Waals surface area contributed by atoms with Crippen LogP contribution in [0.2, 0.25) is 0 Å². The zero-order valence-corrected chi connectivity index (χ0v) is 9.18. The standard InChI is InChI=1S/C10H20FNO2/c1-4-5-6-14-9(13)7-10(3,11)8(2)12/h8H,4-7,12H2,1-3H3. The number of unbranched alkanes of at least 4 members (excludes halogenated alkanes) is 1. The average molecular weight is 205 g/mol. The number of hydrogen-bond donors (Lipinski definition) is 1. The zero-order chi connectivity index (χ0) is 11.2. The lowest BCUT2D eigenvalue weighted by atomic mass is 9.97. The molecule has 0 spiro atoms. The summed E-state index contributed by atoms with van der Waals surface area (Å²) in [4.78, 5) is 11.1. The molecule has 0 aromatic rings. The van der Waals surface area contributed by atoms with Crippen molar-refractivity contribution in [1.29, 1.82) is 0 Å². The molecular weight excluding hydrogens is 185 g/mol. The molecule has 0 aromatic heterocycles. The van der Waals surface area contributed by atoms with Crippen LogP contribution in [0, 0.1) is 0 Å². The predicted octanol–water partition coefficient (Wildman–Crippen LogP) is 1.80. The number of alkyl halides is 1. The van der Waals surface area contributed by atoms with Crippen molar-refractivity contribution < 1.29 is 13.9 Å². The van der Waals surface area contributed by atoms with Crippen LogP contribution in [0.1, 0.15) is 40.0 Å². The summed E-state index contributed by atoms with van der Waals surface area (Å²) in [5, 5.41) is 0. The molecule has 0 aliphatic heterocycles. The van der Waals surface area contributed by atoms with Crippen molar-refractivity contribution in [2.75, 3.05) is 6.61 Å². The quantitative estimate of drug-likeness (QED) is 0.531. The van der Waals surface area contributed by atoms with Crippen LogP contribution in [0.4, 0.5) is 4.39 Å². The summed E-state index contributed by atoms with van der Waals surface area (Å²) in [5.41, 5.74) is 3.71. The van der Waals surface area contributed by atoms with E-state index in [0.717, 1.165) is 12.8 Å². The molecule has 2 N–H and O–H groups in total. The van der Waals surface area contributed by atoms with Crippen LogP contribution < -0.4 is 5.73 Å². The van der Waals surface area contributed by atoms with Crippen LogP contribution in [0.3, 0.4) is 0 Å². The molecule has 0 aliphatic rings. The van der Waals surface area contributed by atoms with E-state index in [1.165, 1.54) is 6.92 Å². The number of esters is 1. The highest BCUT2D eigenvalue weighted by Gasteiger charge is 2.31. The van der Waals surface area contributed by atoms with E-state index in [1.807, 2.05) is 6.92 Å². The summed E-state index contributed by atoms with van der Waals surface area (Å²) < 4.78 is 18.4. The first-order valence-electron chi connectivity index (χ1n) is 5.00. The molecule has 0 saturated heterocycles. The van der Waals surface area contributed by atoms with Gasteiger partial charge in [0.05, 0.1) is 13.0 Å². The summed E-state index contributed by atoms with van der Waals surface area (Å²) in [6.45, 7) is 5.22. The molecule has 2 unspecified atom stereocenters. The highest BCUT2D eigenvalue weighted by Crippen LogP contribution is 2.19. The van der Waals surface area contributed by atoms with E-state index in [-0.39, 0.29) is 6.42 Å². The lowest BCUT2D eigenvalue weighted by Gasteiger charge is -2.23. The number of carbonyl (C=O) groups is 1. The zero-order valence-electron chi connectivity index (χ0n) is 9.18. The topological polar surface area (TPSA) is 52.3 Å². The summed E-state index contributed by atoms with van der Waals surface area (Å²) in [5.74, 6) is -0.513. The molecule has 14 heavy (non-hydrogen) atoms. The number of carbonyl (C=O) groups excluding carboxylic acids is 1. The molecule has 0 fully saturated rings. The van der Waals surface area contributed by atoms with Gasteiger partial charge in [0.25, 0.3) is 0 Å². The Morgan fingerprint density at radius 2 is 2.21 bits per heavy atom. The van der Waals surface area contributed by atoms with Gasteiger partial charge in [-0.1, -0.05) is 13.3 Å². The minimum Gasteiger partial charge on any atom is -0.466 e. The second-order valence-corrected chi connectivity index (χ2v) is 3.82. The molecule has 2 atom stereocenters. The molecule has 0 bridgehead atoms. The maximum absolute atomic E-state index is 13.5. The van der Waals surface area contributed by atoms with E-state index in [9.17, 15) is 9.18 Å². The Hall–Kier alpha value is -0.640. The molecule has 0 amide bonds. The van der Waals surface area contributed by atoms with Crippen molar-refractivity contribution >= 4 is 5.97 Å². The average Bonchev–Trinajstić information content (AvgIpc) is 2.03. The molecule has 0 aliphatic carbocycles. The molecule has 0 saturated carbocycles. The first-order valence-corrected chi connectivity index (χ1v) is 5.00. The Kier molecular flexibility index (Phi) is 5.69. The van der Waals surface area contributed by atoms with Gasteiger partial charge in [0.1, 0.15) is 5.67 Å². The van der Waals surface area contributed by atoms with Gasteiger partial charge in [0.15, 0.2) is 0 Å². The van der Waals surface area contributed by atoms with E-state index >= 15 is 0 Å². The monoisotopic (exact) mass is 205 g/mol. The van der Waals surface area contributed by atoms with Gasteiger partial charge >= 0.3 is 5.97 Å². The normalized spacial score (nSPS) is 17.2. The second-order valence-electron chi connectivity index (χ2n) is 3.82. The van der Waals surface area contributed by atoms with E-state index in [1.54, 1.807) is 6.92 Å².